The van der Waals surface area contributed by atoms with Gasteiger partial charge in [0.25, 0.3) is 0 Å². The molecule has 0 atom stereocenters. The molecule has 17 rings (SSSR count). The van der Waals surface area contributed by atoms with Gasteiger partial charge in [0.15, 0.2) is 209 Å². The molecule has 0 amide bonds. The molecule has 2 aliphatic heterocycles. The smallest absolute Gasteiger partial charge is 0.200 e. The highest BCUT2D eigenvalue weighted by Crippen LogP contribution is 2.54. The van der Waals surface area contributed by atoms with Crippen molar-refractivity contribution in [2.45, 2.75) is 0 Å². The number of hydrogen-bond acceptors (Lipinski definition) is 6. The largest absolute Gasteiger partial charge is 0.324 e. The van der Waals surface area contributed by atoms with Crippen LogP contribution in [-0.2, 0) is 0 Å². The second-order valence-electron chi connectivity index (χ2n) is 26.9. The Morgan fingerprint density at radius 2 is 0.219 bits per heavy atom. The lowest BCUT2D eigenvalue weighted by atomic mass is 9.88. The van der Waals surface area contributed by atoms with Gasteiger partial charge >= 0.3 is 0 Å². The average Bonchev–Trinajstić information content (AvgIpc) is 1.26. The van der Waals surface area contributed by atoms with Crippen LogP contribution in [0.4, 0.5) is 176 Å². The Morgan fingerprint density at radius 3 is 0.336 bits per heavy atom. The summed E-state index contributed by atoms with van der Waals surface area (Å²) in [7, 11) is 0. The fourth-order valence-electron chi connectivity index (χ4n) is 14.4. The van der Waals surface area contributed by atoms with Crippen molar-refractivity contribution < 1.29 is 176 Å². The van der Waals surface area contributed by atoms with E-state index in [9.17, 15) is 35.1 Å². The normalized spacial score (nSPS) is 12.1. The summed E-state index contributed by atoms with van der Waals surface area (Å²) in [5.74, 6) is -130. The van der Waals surface area contributed by atoms with Gasteiger partial charge in [-0.3, -0.25) is 0 Å². The molecular formula is C80H10F40N8. The minimum absolute atomic E-state index is 0.133. The molecule has 8 nitrogen and oxygen atoms in total. The van der Waals surface area contributed by atoms with Gasteiger partial charge in [-0.05, 0) is 93.0 Å². The maximum absolute atomic E-state index is 16.6. The second-order valence-corrected chi connectivity index (χ2v) is 26.9. The molecule has 48 heteroatoms. The molecule has 3 aromatic heterocycles. The maximum atomic E-state index is 16.6. The van der Waals surface area contributed by atoms with Crippen LogP contribution in [0.25, 0.3) is 179 Å². The van der Waals surface area contributed by atoms with Gasteiger partial charge in [0, 0.05) is 43.8 Å². The average molecular weight is 1840 g/mol. The van der Waals surface area contributed by atoms with E-state index in [1.54, 1.807) is 0 Å². The fraction of sp³-hybridized carbons (Fsp3) is 0. The summed E-state index contributed by atoms with van der Waals surface area (Å²) in [4.78, 5) is 28.5. The SMILES string of the molecule is Fc1c(F)c(F)c(-c2cc3c(cc2-c2c(F)c(F)c(F)c(F)c2F)-c2nc-3nc3[nH]c(nc4nc(nc5[nH]c(n2)c2cc(-c6c(F)c(F)c(F)c(F)c6F)c(-c6c(F)c(F)c(F)c(F)c6F)cc52)-c2cc(-c5c(F)c(F)c(F)c(F)c5F)c(-c5c(F)c(F)c(F)c(F)c5F)cc2-4)c2cc(-c4c(F)c(F)c(F)c(F)c4F)c(-c4c(F)c(F)c(F)c(F)c4F)cc32)c(F)c1F. The molecule has 128 heavy (non-hydrogen) atoms. The number of aromatic nitrogens is 8. The first-order valence-corrected chi connectivity index (χ1v) is 33.9. The molecule has 8 bridgehead atoms. The molecule has 0 spiro atoms. The van der Waals surface area contributed by atoms with Gasteiger partial charge in [0.2, 0.25) is 46.5 Å². The second kappa shape index (κ2) is 29.4. The Kier molecular flexibility index (Phi) is 19.6. The van der Waals surface area contributed by atoms with Gasteiger partial charge in [-0.15, -0.1) is 0 Å². The van der Waals surface area contributed by atoms with E-state index in [0.29, 0.717) is 0 Å². The summed E-state index contributed by atoms with van der Waals surface area (Å²) in [5, 5.41) is -5.63. The number of benzene rings is 12. The molecule has 0 saturated carbocycles. The van der Waals surface area contributed by atoms with Gasteiger partial charge in [-0.2, -0.15) is 0 Å². The number of hydrogen-bond donors (Lipinski definition) is 2. The van der Waals surface area contributed by atoms with Crippen molar-refractivity contribution >= 4 is 44.1 Å². The minimum atomic E-state index is -3.13. The molecule has 0 saturated heterocycles. The number of rotatable bonds is 8. The van der Waals surface area contributed by atoms with Crippen LogP contribution in [0, 0.1) is 233 Å². The van der Waals surface area contributed by atoms with E-state index >= 15 is 140 Å². The third-order valence-corrected chi connectivity index (χ3v) is 20.2. The van der Waals surface area contributed by atoms with Gasteiger partial charge < -0.3 is 9.97 Å². The lowest BCUT2D eigenvalue weighted by Crippen LogP contribution is -2.08. The van der Waals surface area contributed by atoms with E-state index in [2.05, 4.69) is 39.9 Å². The summed E-state index contributed by atoms with van der Waals surface area (Å²) < 4.78 is 636. The molecule has 0 unspecified atom stereocenters. The van der Waals surface area contributed by atoms with Gasteiger partial charge in [0.1, 0.15) is 22.6 Å². The first-order valence-electron chi connectivity index (χ1n) is 33.9. The van der Waals surface area contributed by atoms with E-state index in [-0.39, 0.29) is 48.5 Å². The zero-order valence-corrected chi connectivity index (χ0v) is 59.4. The number of H-pyrrole nitrogens is 2. The van der Waals surface area contributed by atoms with Crippen LogP contribution in [0.5, 0.6) is 0 Å². The number of fused-ring (bicyclic) bond motifs is 20. The zero-order chi connectivity index (χ0) is 92.9. The summed E-state index contributed by atoms with van der Waals surface area (Å²) >= 11 is 0. The van der Waals surface area contributed by atoms with Crippen molar-refractivity contribution in [1.82, 2.24) is 39.9 Å². The lowest BCUT2D eigenvalue weighted by molar-refractivity contribution is 0.380. The molecule has 12 aromatic carbocycles. The Labute approximate surface area is 673 Å². The third-order valence-electron chi connectivity index (χ3n) is 20.2. The van der Waals surface area contributed by atoms with E-state index < -0.39 is 411 Å². The molecular weight excluding hydrogens is 1830 g/mol. The van der Waals surface area contributed by atoms with Gasteiger partial charge in [-0.25, -0.2) is 206 Å². The predicted molar refractivity (Wildman–Crippen MR) is 358 cm³/mol. The Morgan fingerprint density at radius 1 is 0.117 bits per heavy atom. The van der Waals surface area contributed by atoms with Crippen molar-refractivity contribution in [3.05, 3.63) is 281 Å². The van der Waals surface area contributed by atoms with Crippen molar-refractivity contribution in [3.8, 4) is 135 Å². The highest BCUT2D eigenvalue weighted by molar-refractivity contribution is 6.12. The molecule has 0 fully saturated rings. The number of aromatic amines is 2. The molecule has 0 aliphatic carbocycles. The molecule has 2 N–H and O–H groups in total. The topological polar surface area (TPSA) is 109 Å². The first kappa shape index (κ1) is 85.4. The minimum Gasteiger partial charge on any atom is -0.324 e. The van der Waals surface area contributed by atoms with Crippen molar-refractivity contribution in [2.75, 3.05) is 0 Å². The standard InChI is InChI=1S/C80H10F40N8/c81-33-25(34(82)50(98)65(113)49(33)97)9-1-17-18(2-10(9)26-35(83)51(99)66(114)52(100)36(26)84)74-121-73(17)125-75-19-3-11(27-37(85)53(101)67(115)54(102)38(27)86)12(28-39(87)55(103)68(116)56(104)40(28)88)4-20(19)77(122-75)127-79-23-7-15(31-45(93)61(109)71(119)62(110)46(31)94)16(32-47(95)63(111)72(120)64(112)48(32)96)8-24(23)80(124-79)128-78-22-6-14(30-43(91)59(107)70(118)60(108)44(30)92)13(5-21(22)76(123-78)126-74)29-41(89)57(105)69(117)58(106)42(29)90/h1-8H,(H2,121,122,123,124,125,126,127,128). The predicted octanol–water partition coefficient (Wildman–Crippen LogP) is 25.8. The quantitative estimate of drug-likeness (QED) is 0.0891. The van der Waals surface area contributed by atoms with Crippen LogP contribution in [0.1, 0.15) is 0 Å². The van der Waals surface area contributed by atoms with Crippen molar-refractivity contribution in [2.24, 2.45) is 0 Å². The molecule has 2 aliphatic rings. The van der Waals surface area contributed by atoms with Crippen LogP contribution in [-0.4, -0.2) is 39.9 Å². The number of nitrogens with one attached hydrogen (secondary N) is 2. The van der Waals surface area contributed by atoms with Gasteiger partial charge in [0.05, 0.1) is 44.5 Å². The monoisotopic (exact) mass is 1840 g/mol. The highest BCUT2D eigenvalue weighted by Gasteiger charge is 2.42. The summed E-state index contributed by atoms with van der Waals surface area (Å²) in [6, 6.07) is -1.12. The van der Waals surface area contributed by atoms with Crippen LogP contribution in [0.15, 0.2) is 48.5 Å². The zero-order valence-electron chi connectivity index (χ0n) is 59.4. The van der Waals surface area contributed by atoms with Crippen LogP contribution < -0.4 is 0 Å². The Hall–Kier alpha value is -14.8. The first-order chi connectivity index (χ1) is 60.2. The van der Waals surface area contributed by atoms with Crippen molar-refractivity contribution in [3.63, 3.8) is 0 Å². The van der Waals surface area contributed by atoms with Crippen LogP contribution >= 0.6 is 0 Å². The molecule has 0 radical (unpaired) electrons. The van der Waals surface area contributed by atoms with Crippen LogP contribution in [0.3, 0.4) is 0 Å². The Bertz CT molecular complexity index is 6820. The number of nitrogens with zero attached hydrogens (tertiary/aromatic N) is 6. The van der Waals surface area contributed by atoms with Crippen LogP contribution in [0.2, 0.25) is 0 Å². The maximum Gasteiger partial charge on any atom is 0.200 e. The number of halogens is 40. The molecule has 650 valence electrons. The highest BCUT2D eigenvalue weighted by atomic mass is 19.2. The van der Waals surface area contributed by atoms with E-state index in [4.69, 9.17) is 0 Å². The fourth-order valence-corrected chi connectivity index (χ4v) is 14.4. The Balaban J connectivity index is 1.16. The molecule has 5 heterocycles. The summed E-state index contributed by atoms with van der Waals surface area (Å²) in [6.45, 7) is 0. The summed E-state index contributed by atoms with van der Waals surface area (Å²) in [5.41, 5.74) is -48.3. The van der Waals surface area contributed by atoms with Gasteiger partial charge in [-0.1, -0.05) is 0 Å². The van der Waals surface area contributed by atoms with E-state index in [0.717, 1.165) is 0 Å². The van der Waals surface area contributed by atoms with E-state index in [1.165, 1.54) is 0 Å². The molecule has 15 aromatic rings. The summed E-state index contributed by atoms with van der Waals surface area (Å²) in [6.07, 6.45) is 0. The van der Waals surface area contributed by atoms with Crippen molar-refractivity contribution in [1.29, 1.82) is 0 Å². The van der Waals surface area contributed by atoms with E-state index in [1.807, 2.05) is 0 Å². The third kappa shape index (κ3) is 11.9. The lowest BCUT2D eigenvalue weighted by Gasteiger charge is -2.17.